The molecule has 0 saturated carbocycles. The van der Waals surface area contributed by atoms with E-state index in [9.17, 15) is 0 Å². The Labute approximate surface area is 149 Å². The summed E-state index contributed by atoms with van der Waals surface area (Å²) in [5, 5.41) is 22.0. The minimum absolute atomic E-state index is 0.0356. The molecular formula is C19H16N4O3. The van der Waals surface area contributed by atoms with E-state index in [0.717, 1.165) is 11.2 Å². The maximum Gasteiger partial charge on any atom is 0.157 e. The number of fused-ring (bicyclic) bond motifs is 2. The van der Waals surface area contributed by atoms with E-state index < -0.39 is 0 Å². The lowest BCUT2D eigenvalue weighted by molar-refractivity contribution is 0.201. The smallest absolute Gasteiger partial charge is 0.157 e. The van der Waals surface area contributed by atoms with Crippen LogP contribution in [0.15, 0.2) is 47.0 Å². The number of hydrogen-bond acceptors (Lipinski definition) is 6. The highest BCUT2D eigenvalue weighted by molar-refractivity contribution is 5.86. The molecule has 0 fully saturated rings. The molecule has 0 aliphatic heterocycles. The highest BCUT2D eigenvalue weighted by Gasteiger charge is 2.17. The van der Waals surface area contributed by atoms with Crippen LogP contribution >= 0.6 is 0 Å². The molecule has 4 aromatic rings. The second-order valence-electron chi connectivity index (χ2n) is 5.70. The van der Waals surface area contributed by atoms with Crippen molar-refractivity contribution in [3.05, 3.63) is 48.2 Å². The Kier molecular flexibility index (Phi) is 3.95. The second-order valence-corrected chi connectivity index (χ2v) is 5.70. The number of rotatable bonds is 5. The van der Waals surface area contributed by atoms with Gasteiger partial charge in [0.05, 0.1) is 18.2 Å². The molecule has 3 heterocycles. The van der Waals surface area contributed by atoms with Gasteiger partial charge in [-0.15, -0.1) is 0 Å². The summed E-state index contributed by atoms with van der Waals surface area (Å²) in [5.74, 6) is 2.06. The third kappa shape index (κ3) is 2.62. The zero-order valence-corrected chi connectivity index (χ0v) is 14.1. The molecule has 0 aliphatic rings. The van der Waals surface area contributed by atoms with Gasteiger partial charge in [0.2, 0.25) is 0 Å². The van der Waals surface area contributed by atoms with Crippen molar-refractivity contribution in [1.82, 2.24) is 9.38 Å². The molecule has 0 bridgehead atoms. The van der Waals surface area contributed by atoms with Crippen molar-refractivity contribution in [2.24, 2.45) is 0 Å². The molecule has 7 heteroatoms. The lowest BCUT2D eigenvalue weighted by atomic mass is 10.2. The Bertz CT molecular complexity index is 1140. The number of aliphatic hydroxyl groups excluding tert-OH is 1. The van der Waals surface area contributed by atoms with Gasteiger partial charge in [-0.3, -0.25) is 4.40 Å². The molecule has 1 aromatic carbocycles. The van der Waals surface area contributed by atoms with Gasteiger partial charge in [0.1, 0.15) is 35.1 Å². The fourth-order valence-corrected chi connectivity index (χ4v) is 2.92. The molecule has 26 heavy (non-hydrogen) atoms. The number of ether oxygens (including phenoxy) is 1. The van der Waals surface area contributed by atoms with Crippen molar-refractivity contribution < 1.29 is 14.3 Å². The summed E-state index contributed by atoms with van der Waals surface area (Å²) < 4.78 is 13.3. The molecule has 0 aliphatic carbocycles. The third-order valence-electron chi connectivity index (χ3n) is 4.07. The van der Waals surface area contributed by atoms with Crippen LogP contribution in [0.4, 0.5) is 5.82 Å². The monoisotopic (exact) mass is 348 g/mol. The minimum atomic E-state index is -0.0356. The van der Waals surface area contributed by atoms with Gasteiger partial charge in [0, 0.05) is 18.6 Å². The van der Waals surface area contributed by atoms with Crippen LogP contribution in [0.3, 0.4) is 0 Å². The number of pyridine rings is 1. The topological polar surface area (TPSA) is 95.7 Å². The number of benzene rings is 1. The lowest BCUT2D eigenvalue weighted by Gasteiger charge is -2.02. The summed E-state index contributed by atoms with van der Waals surface area (Å²) in [7, 11) is 1.81. The van der Waals surface area contributed by atoms with Gasteiger partial charge in [-0.05, 0) is 36.4 Å². The van der Waals surface area contributed by atoms with Crippen molar-refractivity contribution in [2.45, 2.75) is 0 Å². The van der Waals surface area contributed by atoms with Gasteiger partial charge in [-0.1, -0.05) is 0 Å². The summed E-state index contributed by atoms with van der Waals surface area (Å²) in [6, 6.07) is 13.0. The van der Waals surface area contributed by atoms with Gasteiger partial charge in [0.15, 0.2) is 5.76 Å². The number of aliphatic hydroxyl groups is 1. The fourth-order valence-electron chi connectivity index (χ4n) is 2.92. The van der Waals surface area contributed by atoms with Gasteiger partial charge >= 0.3 is 0 Å². The molecule has 0 saturated heterocycles. The summed E-state index contributed by atoms with van der Waals surface area (Å²) in [6.07, 6.45) is 1.81. The van der Waals surface area contributed by atoms with Crippen molar-refractivity contribution in [1.29, 1.82) is 5.26 Å². The van der Waals surface area contributed by atoms with Crippen LogP contribution in [0.25, 0.3) is 28.1 Å². The standard InChI is InChI=1S/C19H16N4O3/c1-21-19-18(22-17-8-12(11-20)4-5-23(17)19)16-10-13-9-14(25-7-6-24)2-3-15(13)26-16/h2-5,8-10,21,24H,6-7H2,1H3. The predicted molar refractivity (Wildman–Crippen MR) is 97.2 cm³/mol. The second kappa shape index (κ2) is 6.43. The van der Waals surface area contributed by atoms with E-state index in [1.165, 1.54) is 0 Å². The van der Waals surface area contributed by atoms with Gasteiger partial charge in [-0.25, -0.2) is 4.98 Å². The number of anilines is 1. The van der Waals surface area contributed by atoms with Gasteiger partial charge in [-0.2, -0.15) is 5.26 Å². The minimum Gasteiger partial charge on any atom is -0.491 e. The molecule has 0 atom stereocenters. The van der Waals surface area contributed by atoms with E-state index in [4.69, 9.17) is 19.5 Å². The number of aromatic nitrogens is 2. The average molecular weight is 348 g/mol. The Morgan fingerprint density at radius 2 is 2.19 bits per heavy atom. The van der Waals surface area contributed by atoms with Crippen LogP contribution in [-0.2, 0) is 0 Å². The number of furan rings is 1. The summed E-state index contributed by atoms with van der Waals surface area (Å²) in [5.41, 5.74) is 2.59. The number of nitriles is 1. The Morgan fingerprint density at radius 3 is 2.96 bits per heavy atom. The number of hydrogen-bond donors (Lipinski definition) is 2. The largest absolute Gasteiger partial charge is 0.491 e. The molecule has 2 N–H and O–H groups in total. The van der Waals surface area contributed by atoms with Crippen LogP contribution in [0.5, 0.6) is 5.75 Å². The van der Waals surface area contributed by atoms with Crippen molar-refractivity contribution in [3.63, 3.8) is 0 Å². The summed E-state index contributed by atoms with van der Waals surface area (Å²) in [4.78, 5) is 4.62. The maximum atomic E-state index is 9.08. The van der Waals surface area contributed by atoms with Gasteiger partial charge < -0.3 is 19.6 Å². The lowest BCUT2D eigenvalue weighted by Crippen LogP contribution is -2.00. The molecule has 0 amide bonds. The Balaban J connectivity index is 1.82. The summed E-state index contributed by atoms with van der Waals surface area (Å²) >= 11 is 0. The van der Waals surface area contributed by atoms with E-state index >= 15 is 0 Å². The molecule has 0 spiro atoms. The molecule has 4 rings (SSSR count). The van der Waals surface area contributed by atoms with E-state index in [1.807, 2.05) is 29.6 Å². The third-order valence-corrected chi connectivity index (χ3v) is 4.07. The fraction of sp³-hybridized carbons (Fsp3) is 0.158. The highest BCUT2D eigenvalue weighted by atomic mass is 16.5. The number of nitrogens with one attached hydrogen (secondary N) is 1. The normalized spacial score (nSPS) is 11.0. The molecule has 130 valence electrons. The van der Waals surface area contributed by atoms with Crippen LogP contribution in [0.2, 0.25) is 0 Å². The first kappa shape index (κ1) is 16.0. The van der Waals surface area contributed by atoms with E-state index in [0.29, 0.717) is 34.0 Å². The Morgan fingerprint density at radius 1 is 1.31 bits per heavy atom. The quantitative estimate of drug-likeness (QED) is 0.575. The first-order valence-corrected chi connectivity index (χ1v) is 8.11. The van der Waals surface area contributed by atoms with Crippen molar-refractivity contribution in [3.8, 4) is 23.3 Å². The number of imidazole rings is 1. The van der Waals surface area contributed by atoms with Gasteiger partial charge in [0.25, 0.3) is 0 Å². The highest BCUT2D eigenvalue weighted by Crippen LogP contribution is 2.34. The van der Waals surface area contributed by atoms with Crippen LogP contribution in [0.1, 0.15) is 5.56 Å². The van der Waals surface area contributed by atoms with Crippen molar-refractivity contribution >= 4 is 22.4 Å². The van der Waals surface area contributed by atoms with E-state index in [-0.39, 0.29) is 13.2 Å². The predicted octanol–water partition coefficient (Wildman–Crippen LogP) is 3.03. The molecular weight excluding hydrogens is 332 g/mol. The SMILES string of the molecule is CNc1c(-c2cc3cc(OCCO)ccc3o2)nc2cc(C#N)ccn12. The molecule has 0 unspecified atom stereocenters. The average Bonchev–Trinajstić information content (AvgIpc) is 3.25. The first-order valence-electron chi connectivity index (χ1n) is 8.11. The molecule has 0 radical (unpaired) electrons. The van der Waals surface area contributed by atoms with Crippen LogP contribution in [0, 0.1) is 11.3 Å². The van der Waals surface area contributed by atoms with E-state index in [1.54, 1.807) is 24.4 Å². The van der Waals surface area contributed by atoms with Crippen molar-refractivity contribution in [2.75, 3.05) is 25.6 Å². The molecule has 3 aromatic heterocycles. The van der Waals surface area contributed by atoms with E-state index in [2.05, 4.69) is 16.4 Å². The zero-order chi connectivity index (χ0) is 18.1. The summed E-state index contributed by atoms with van der Waals surface area (Å²) in [6.45, 7) is 0.208. The zero-order valence-electron chi connectivity index (χ0n) is 14.1. The molecule has 7 nitrogen and oxygen atoms in total. The maximum absolute atomic E-state index is 9.08. The van der Waals surface area contributed by atoms with Crippen LogP contribution in [-0.4, -0.2) is 34.8 Å². The van der Waals surface area contributed by atoms with Crippen LogP contribution < -0.4 is 10.1 Å². The number of nitrogens with zero attached hydrogens (tertiary/aromatic N) is 3. The first-order chi connectivity index (χ1) is 12.7. The Hall–Kier alpha value is -3.50.